The van der Waals surface area contributed by atoms with Gasteiger partial charge in [0.2, 0.25) is 0 Å². The molecule has 0 amide bonds. The summed E-state index contributed by atoms with van der Waals surface area (Å²) in [4.78, 5) is 0. The quantitative estimate of drug-likeness (QED) is 0.821. The van der Waals surface area contributed by atoms with Crippen LogP contribution in [0.3, 0.4) is 0 Å². The lowest BCUT2D eigenvalue weighted by molar-refractivity contribution is 0.170. The normalized spacial score (nSPS) is 13.1. The number of hydrogen-bond acceptors (Lipinski definition) is 3. The first-order chi connectivity index (χ1) is 8.40. The van der Waals surface area contributed by atoms with Crippen molar-refractivity contribution < 1.29 is 14.2 Å². The molecule has 18 heavy (non-hydrogen) atoms. The van der Waals surface area contributed by atoms with Crippen LogP contribution in [0.1, 0.15) is 39.4 Å². The second kappa shape index (κ2) is 6.71. The van der Waals surface area contributed by atoms with Gasteiger partial charge in [0.15, 0.2) is 11.6 Å². The zero-order chi connectivity index (χ0) is 13.7. The molecule has 1 aromatic carbocycles. The summed E-state index contributed by atoms with van der Waals surface area (Å²) in [6, 6.07) is 4.86. The van der Waals surface area contributed by atoms with Gasteiger partial charge in [-0.15, -0.1) is 0 Å². The molecule has 0 saturated heterocycles. The van der Waals surface area contributed by atoms with Gasteiger partial charge in [0.25, 0.3) is 0 Å². The van der Waals surface area contributed by atoms with Crippen molar-refractivity contribution in [1.82, 2.24) is 5.32 Å². The van der Waals surface area contributed by atoms with E-state index in [4.69, 9.17) is 4.74 Å². The fraction of sp³-hybridized carbons (Fsp3) is 0.571. The van der Waals surface area contributed by atoms with Crippen LogP contribution in [-0.4, -0.2) is 23.8 Å². The maximum atomic E-state index is 13.7. The molecule has 0 aliphatic rings. The second-order valence-corrected chi connectivity index (χ2v) is 4.94. The topological polar surface area (TPSA) is 41.5 Å². The van der Waals surface area contributed by atoms with E-state index >= 15 is 0 Å². The Labute approximate surface area is 108 Å². The van der Waals surface area contributed by atoms with E-state index in [9.17, 15) is 9.50 Å². The Morgan fingerprint density at radius 1 is 1.28 bits per heavy atom. The van der Waals surface area contributed by atoms with Crippen LogP contribution in [0.4, 0.5) is 4.39 Å². The lowest BCUT2D eigenvalue weighted by atomic mass is 10.1. The summed E-state index contributed by atoms with van der Waals surface area (Å²) in [5, 5.41) is 13.0. The van der Waals surface area contributed by atoms with Gasteiger partial charge in [-0.05, 0) is 31.5 Å². The third-order valence-electron chi connectivity index (χ3n) is 2.42. The highest BCUT2D eigenvalue weighted by Crippen LogP contribution is 2.22. The standard InChI is InChI=1S/C14H22FNO2/c1-9(2)16-8-13(17)11-5-6-14(12(15)7-11)18-10(3)4/h5-7,9-10,13,16-17H,8H2,1-4H3. The summed E-state index contributed by atoms with van der Waals surface area (Å²) in [6.45, 7) is 8.07. The maximum absolute atomic E-state index is 13.7. The molecule has 0 heterocycles. The summed E-state index contributed by atoms with van der Waals surface area (Å²) < 4.78 is 19.0. The molecule has 1 aromatic rings. The van der Waals surface area contributed by atoms with Gasteiger partial charge in [0.05, 0.1) is 12.2 Å². The van der Waals surface area contributed by atoms with Gasteiger partial charge in [0.1, 0.15) is 0 Å². The van der Waals surface area contributed by atoms with E-state index < -0.39 is 11.9 Å². The molecule has 0 saturated carbocycles. The van der Waals surface area contributed by atoms with E-state index in [1.165, 1.54) is 6.07 Å². The smallest absolute Gasteiger partial charge is 0.165 e. The highest BCUT2D eigenvalue weighted by atomic mass is 19.1. The monoisotopic (exact) mass is 255 g/mol. The molecule has 0 radical (unpaired) electrons. The van der Waals surface area contributed by atoms with Crippen LogP contribution in [0.5, 0.6) is 5.75 Å². The van der Waals surface area contributed by atoms with Gasteiger partial charge < -0.3 is 15.2 Å². The number of rotatable bonds is 6. The minimum absolute atomic E-state index is 0.0714. The third kappa shape index (κ3) is 4.63. The van der Waals surface area contributed by atoms with Crippen molar-refractivity contribution in [2.24, 2.45) is 0 Å². The van der Waals surface area contributed by atoms with Crippen molar-refractivity contribution in [1.29, 1.82) is 0 Å². The van der Waals surface area contributed by atoms with Crippen LogP contribution in [0, 0.1) is 5.82 Å². The molecule has 102 valence electrons. The zero-order valence-corrected chi connectivity index (χ0v) is 11.4. The first-order valence-corrected chi connectivity index (χ1v) is 6.27. The largest absolute Gasteiger partial charge is 0.488 e. The first-order valence-electron chi connectivity index (χ1n) is 6.27. The number of benzene rings is 1. The van der Waals surface area contributed by atoms with Crippen molar-refractivity contribution in [3.05, 3.63) is 29.6 Å². The van der Waals surface area contributed by atoms with E-state index in [1.807, 2.05) is 27.7 Å². The molecule has 1 atom stereocenters. The number of ether oxygens (including phenoxy) is 1. The zero-order valence-electron chi connectivity index (χ0n) is 11.4. The van der Waals surface area contributed by atoms with E-state index in [1.54, 1.807) is 12.1 Å². The van der Waals surface area contributed by atoms with E-state index in [0.717, 1.165) is 0 Å². The predicted molar refractivity (Wildman–Crippen MR) is 70.3 cm³/mol. The van der Waals surface area contributed by atoms with Gasteiger partial charge >= 0.3 is 0 Å². The van der Waals surface area contributed by atoms with Crippen LogP contribution < -0.4 is 10.1 Å². The molecule has 0 aliphatic heterocycles. The fourth-order valence-corrected chi connectivity index (χ4v) is 1.54. The van der Waals surface area contributed by atoms with Crippen molar-refractivity contribution in [3.8, 4) is 5.75 Å². The highest BCUT2D eigenvalue weighted by molar-refractivity contribution is 5.30. The average molecular weight is 255 g/mol. The number of halogens is 1. The molecule has 0 bridgehead atoms. The summed E-state index contributed by atoms with van der Waals surface area (Å²) >= 11 is 0. The Morgan fingerprint density at radius 2 is 1.94 bits per heavy atom. The van der Waals surface area contributed by atoms with Crippen LogP contribution in [0.2, 0.25) is 0 Å². The maximum Gasteiger partial charge on any atom is 0.165 e. The molecule has 3 nitrogen and oxygen atoms in total. The van der Waals surface area contributed by atoms with E-state index in [-0.39, 0.29) is 17.9 Å². The number of nitrogens with one attached hydrogen (secondary N) is 1. The molecule has 1 rings (SSSR count). The molecule has 0 aromatic heterocycles. The molecule has 1 unspecified atom stereocenters. The van der Waals surface area contributed by atoms with Gasteiger partial charge in [-0.1, -0.05) is 19.9 Å². The number of hydrogen-bond donors (Lipinski definition) is 2. The third-order valence-corrected chi connectivity index (χ3v) is 2.42. The lowest BCUT2D eigenvalue weighted by Gasteiger charge is -2.16. The molecule has 0 spiro atoms. The summed E-state index contributed by atoms with van der Waals surface area (Å²) in [5.41, 5.74) is 0.553. The Bertz CT molecular complexity index is 380. The summed E-state index contributed by atoms with van der Waals surface area (Å²) in [5.74, 6) is -0.220. The molecule has 4 heteroatoms. The SMILES string of the molecule is CC(C)NCC(O)c1ccc(OC(C)C)c(F)c1. The molecule has 0 fully saturated rings. The number of aliphatic hydroxyl groups is 1. The second-order valence-electron chi connectivity index (χ2n) is 4.94. The van der Waals surface area contributed by atoms with Crippen molar-refractivity contribution in [3.63, 3.8) is 0 Å². The highest BCUT2D eigenvalue weighted by Gasteiger charge is 2.12. The lowest BCUT2D eigenvalue weighted by Crippen LogP contribution is -2.27. The molecular weight excluding hydrogens is 233 g/mol. The summed E-state index contributed by atoms with van der Waals surface area (Å²) in [6.07, 6.45) is -0.784. The fourth-order valence-electron chi connectivity index (χ4n) is 1.54. The van der Waals surface area contributed by atoms with Gasteiger partial charge in [-0.2, -0.15) is 0 Å². The minimum atomic E-state index is -0.713. The van der Waals surface area contributed by atoms with Crippen LogP contribution in [0.25, 0.3) is 0 Å². The van der Waals surface area contributed by atoms with Crippen molar-refractivity contribution in [2.75, 3.05) is 6.54 Å². The first kappa shape index (κ1) is 14.9. The Kier molecular flexibility index (Phi) is 5.56. The van der Waals surface area contributed by atoms with Gasteiger partial charge in [0, 0.05) is 12.6 Å². The van der Waals surface area contributed by atoms with Gasteiger partial charge in [-0.3, -0.25) is 0 Å². The van der Waals surface area contributed by atoms with E-state index in [0.29, 0.717) is 12.1 Å². The van der Waals surface area contributed by atoms with Crippen LogP contribution in [0.15, 0.2) is 18.2 Å². The van der Waals surface area contributed by atoms with E-state index in [2.05, 4.69) is 5.32 Å². The molecule has 2 N–H and O–H groups in total. The summed E-state index contributed by atoms with van der Waals surface area (Å²) in [7, 11) is 0. The van der Waals surface area contributed by atoms with Gasteiger partial charge in [-0.25, -0.2) is 4.39 Å². The van der Waals surface area contributed by atoms with Crippen molar-refractivity contribution >= 4 is 0 Å². The van der Waals surface area contributed by atoms with Crippen LogP contribution >= 0.6 is 0 Å². The average Bonchev–Trinajstić information content (AvgIpc) is 2.28. The van der Waals surface area contributed by atoms with Crippen LogP contribution in [-0.2, 0) is 0 Å². The Hall–Kier alpha value is -1.13. The molecule has 0 aliphatic carbocycles. The predicted octanol–water partition coefficient (Wildman–Crippen LogP) is 2.64. The molecular formula is C14H22FNO2. The minimum Gasteiger partial charge on any atom is -0.488 e. The Morgan fingerprint density at radius 3 is 2.44 bits per heavy atom. The van der Waals surface area contributed by atoms with Crippen molar-refractivity contribution in [2.45, 2.75) is 45.9 Å². The Balaban J connectivity index is 2.71. The number of aliphatic hydroxyl groups excluding tert-OH is 1.